The van der Waals surface area contributed by atoms with E-state index in [2.05, 4.69) is 11.6 Å². The first kappa shape index (κ1) is 16.7. The highest BCUT2D eigenvalue weighted by atomic mass is 16.5. The number of nitrogens with zero attached hydrogens (tertiary/aromatic N) is 2. The van der Waals surface area contributed by atoms with Gasteiger partial charge in [0.15, 0.2) is 11.5 Å². The average molecular weight is 322 g/mol. The van der Waals surface area contributed by atoms with Gasteiger partial charge in [-0.05, 0) is 17.7 Å². The first-order valence-electron chi connectivity index (χ1n) is 6.85. The maximum absolute atomic E-state index is 12.0. The van der Waals surface area contributed by atoms with Crippen molar-refractivity contribution in [2.75, 3.05) is 19.5 Å². The van der Waals surface area contributed by atoms with Crippen LogP contribution in [0.4, 0.5) is 5.82 Å². The third-order valence-corrected chi connectivity index (χ3v) is 3.28. The summed E-state index contributed by atoms with van der Waals surface area (Å²) >= 11 is 0. The number of nitriles is 2. The monoisotopic (exact) mass is 322 g/mol. The molecule has 0 saturated heterocycles. The average Bonchev–Trinajstić information content (AvgIpc) is 2.59. The van der Waals surface area contributed by atoms with Gasteiger partial charge in [0.25, 0.3) is 5.56 Å². The third kappa shape index (κ3) is 2.92. The van der Waals surface area contributed by atoms with Crippen molar-refractivity contribution in [1.82, 2.24) is 4.98 Å². The largest absolute Gasteiger partial charge is 0.493 e. The number of nitrogens with two attached hydrogens (primary N) is 1. The van der Waals surface area contributed by atoms with Crippen LogP contribution in [-0.2, 0) is 0 Å². The second kappa shape index (κ2) is 7.03. The zero-order chi connectivity index (χ0) is 17.7. The molecule has 0 saturated carbocycles. The van der Waals surface area contributed by atoms with Gasteiger partial charge in [-0.1, -0.05) is 18.7 Å². The molecule has 0 aliphatic carbocycles. The van der Waals surface area contributed by atoms with Gasteiger partial charge in [-0.25, -0.2) is 0 Å². The van der Waals surface area contributed by atoms with E-state index in [4.69, 9.17) is 15.2 Å². The van der Waals surface area contributed by atoms with Crippen LogP contribution in [0.2, 0.25) is 0 Å². The number of aromatic amines is 1. The van der Waals surface area contributed by atoms with Gasteiger partial charge in [0.1, 0.15) is 35.7 Å². The summed E-state index contributed by atoms with van der Waals surface area (Å²) in [5, 5.41) is 18.6. The molecule has 2 aromatic rings. The van der Waals surface area contributed by atoms with E-state index in [1.807, 2.05) is 12.1 Å². The van der Waals surface area contributed by atoms with Crippen molar-refractivity contribution in [2.45, 2.75) is 0 Å². The number of ether oxygens (including phenoxy) is 2. The van der Waals surface area contributed by atoms with Crippen molar-refractivity contribution < 1.29 is 9.47 Å². The van der Waals surface area contributed by atoms with Crippen molar-refractivity contribution in [2.24, 2.45) is 0 Å². The zero-order valence-corrected chi connectivity index (χ0v) is 12.9. The number of methoxy groups -OCH3 is 1. The molecule has 24 heavy (non-hydrogen) atoms. The van der Waals surface area contributed by atoms with Gasteiger partial charge in [-0.3, -0.25) is 4.79 Å². The summed E-state index contributed by atoms with van der Waals surface area (Å²) in [7, 11) is 1.46. The first-order valence-corrected chi connectivity index (χ1v) is 6.85. The van der Waals surface area contributed by atoms with E-state index < -0.39 is 5.56 Å². The number of aromatic nitrogens is 1. The Balaban J connectivity index is 2.73. The lowest BCUT2D eigenvalue weighted by molar-refractivity contribution is 0.326. The molecule has 1 aromatic heterocycles. The molecule has 2 rings (SSSR count). The number of hydrogen-bond donors (Lipinski definition) is 2. The van der Waals surface area contributed by atoms with Gasteiger partial charge in [0.2, 0.25) is 0 Å². The van der Waals surface area contributed by atoms with Gasteiger partial charge in [0.05, 0.1) is 7.11 Å². The van der Waals surface area contributed by atoms with Crippen LogP contribution in [0.5, 0.6) is 11.5 Å². The predicted octanol–water partition coefficient (Wildman–Crippen LogP) is 1.94. The third-order valence-electron chi connectivity index (χ3n) is 3.28. The Morgan fingerprint density at radius 1 is 1.29 bits per heavy atom. The Bertz CT molecular complexity index is 933. The van der Waals surface area contributed by atoms with E-state index in [0.29, 0.717) is 23.7 Å². The minimum atomic E-state index is -0.657. The fourth-order valence-corrected chi connectivity index (χ4v) is 2.22. The quantitative estimate of drug-likeness (QED) is 0.810. The highest BCUT2D eigenvalue weighted by molar-refractivity contribution is 5.81. The molecule has 0 fully saturated rings. The van der Waals surface area contributed by atoms with Crippen molar-refractivity contribution in [3.63, 3.8) is 0 Å². The lowest BCUT2D eigenvalue weighted by Gasteiger charge is -2.13. The number of pyridine rings is 1. The van der Waals surface area contributed by atoms with E-state index in [-0.39, 0.29) is 22.5 Å². The van der Waals surface area contributed by atoms with Gasteiger partial charge in [-0.15, -0.1) is 0 Å². The normalized spacial score (nSPS) is 9.62. The SMILES string of the molecule is C=CCOc1ccc(-c2c(C#N)c(N)[nH]c(=O)c2C#N)cc1OC. The summed E-state index contributed by atoms with van der Waals surface area (Å²) in [5.41, 5.74) is 5.49. The van der Waals surface area contributed by atoms with Crippen molar-refractivity contribution in [3.8, 4) is 34.8 Å². The molecule has 0 amide bonds. The maximum atomic E-state index is 12.0. The molecular formula is C17H14N4O3. The number of rotatable bonds is 5. The Labute approximate surface area is 138 Å². The highest BCUT2D eigenvalue weighted by Gasteiger charge is 2.19. The maximum Gasteiger partial charge on any atom is 0.268 e. The van der Waals surface area contributed by atoms with Crippen molar-refractivity contribution >= 4 is 5.82 Å². The number of nitrogens with one attached hydrogen (secondary N) is 1. The van der Waals surface area contributed by atoms with Gasteiger partial charge in [-0.2, -0.15) is 10.5 Å². The van der Waals surface area contributed by atoms with Crippen LogP contribution in [0, 0.1) is 22.7 Å². The standard InChI is InChI=1S/C17H14N4O3/c1-3-6-24-13-5-4-10(7-14(13)23-2)15-11(8-18)16(20)21-17(22)12(15)9-19/h3-5,7H,1,6H2,2H3,(H3,20,21,22). The van der Waals surface area contributed by atoms with Crippen molar-refractivity contribution in [3.05, 3.63) is 52.3 Å². The summed E-state index contributed by atoms with van der Waals surface area (Å²) in [6.45, 7) is 3.86. The van der Waals surface area contributed by atoms with Crippen molar-refractivity contribution in [1.29, 1.82) is 10.5 Å². The van der Waals surface area contributed by atoms with Crippen LogP contribution in [0.15, 0.2) is 35.6 Å². The molecular weight excluding hydrogens is 308 g/mol. The molecule has 0 aliphatic rings. The summed E-state index contributed by atoms with van der Waals surface area (Å²) in [6.07, 6.45) is 1.59. The molecule has 0 spiro atoms. The molecule has 3 N–H and O–H groups in total. The molecule has 0 atom stereocenters. The fraction of sp³-hybridized carbons (Fsp3) is 0.118. The van der Waals surface area contributed by atoms with Gasteiger partial charge >= 0.3 is 0 Å². The Morgan fingerprint density at radius 3 is 2.58 bits per heavy atom. The van der Waals surface area contributed by atoms with Crippen LogP contribution in [0.25, 0.3) is 11.1 Å². The Kier molecular flexibility index (Phi) is 4.88. The van der Waals surface area contributed by atoms with E-state index in [1.165, 1.54) is 7.11 Å². The van der Waals surface area contributed by atoms with Gasteiger partial charge < -0.3 is 20.2 Å². The number of hydrogen-bond acceptors (Lipinski definition) is 6. The second-order valence-electron chi connectivity index (χ2n) is 4.68. The minimum Gasteiger partial charge on any atom is -0.493 e. The summed E-state index contributed by atoms with van der Waals surface area (Å²) in [5.74, 6) is 0.763. The Hall–Kier alpha value is -3.71. The lowest BCUT2D eigenvalue weighted by Crippen LogP contribution is -2.16. The van der Waals surface area contributed by atoms with Crippen LogP contribution in [-0.4, -0.2) is 18.7 Å². The molecule has 0 aliphatic heterocycles. The zero-order valence-electron chi connectivity index (χ0n) is 12.9. The summed E-state index contributed by atoms with van der Waals surface area (Å²) < 4.78 is 10.7. The minimum absolute atomic E-state index is 0.0213. The molecule has 120 valence electrons. The molecule has 7 nitrogen and oxygen atoms in total. The molecule has 0 unspecified atom stereocenters. The van der Waals surface area contributed by atoms with Crippen LogP contribution >= 0.6 is 0 Å². The Morgan fingerprint density at radius 2 is 2.00 bits per heavy atom. The number of H-pyrrole nitrogens is 1. The first-order chi connectivity index (χ1) is 11.6. The number of benzene rings is 1. The van der Waals surface area contributed by atoms with Gasteiger partial charge in [0, 0.05) is 5.56 Å². The van der Waals surface area contributed by atoms with E-state index in [0.717, 1.165) is 0 Å². The van der Waals surface area contributed by atoms with Crippen LogP contribution in [0.3, 0.4) is 0 Å². The van der Waals surface area contributed by atoms with E-state index in [1.54, 1.807) is 24.3 Å². The highest BCUT2D eigenvalue weighted by Crippen LogP contribution is 2.35. The lowest BCUT2D eigenvalue weighted by atomic mass is 9.96. The summed E-state index contributed by atoms with van der Waals surface area (Å²) in [6, 6.07) is 8.56. The molecule has 1 heterocycles. The number of nitrogen functional groups attached to an aromatic ring is 1. The molecule has 0 bridgehead atoms. The number of anilines is 1. The molecule has 1 aromatic carbocycles. The second-order valence-corrected chi connectivity index (χ2v) is 4.68. The van der Waals surface area contributed by atoms with Crippen LogP contribution in [0.1, 0.15) is 11.1 Å². The van der Waals surface area contributed by atoms with E-state index in [9.17, 15) is 15.3 Å². The fourth-order valence-electron chi connectivity index (χ4n) is 2.22. The van der Waals surface area contributed by atoms with Crippen LogP contribution < -0.4 is 20.8 Å². The predicted molar refractivity (Wildman–Crippen MR) is 88.6 cm³/mol. The van der Waals surface area contributed by atoms with E-state index >= 15 is 0 Å². The smallest absolute Gasteiger partial charge is 0.268 e. The topological polar surface area (TPSA) is 125 Å². The molecule has 7 heteroatoms. The molecule has 0 radical (unpaired) electrons. The summed E-state index contributed by atoms with van der Waals surface area (Å²) in [4.78, 5) is 14.3.